The summed E-state index contributed by atoms with van der Waals surface area (Å²) in [7, 11) is 3.73. The number of carbonyl (C=O) groups excluding carboxylic acids is 1. The number of benzene rings is 1. The molecule has 0 aromatic heterocycles. The predicted octanol–water partition coefficient (Wildman–Crippen LogP) is 1.49. The molecule has 0 spiro atoms. The van der Waals surface area contributed by atoms with Crippen LogP contribution in [0.5, 0.6) is 5.75 Å². The molecule has 1 heterocycles. The summed E-state index contributed by atoms with van der Waals surface area (Å²) < 4.78 is 5.87. The third-order valence-corrected chi connectivity index (χ3v) is 3.83. The summed E-state index contributed by atoms with van der Waals surface area (Å²) in [5, 5.41) is 2.62. The lowest BCUT2D eigenvalue weighted by molar-refractivity contribution is 0.0951. The Morgan fingerprint density at radius 3 is 3.00 bits per heavy atom. The van der Waals surface area contributed by atoms with Gasteiger partial charge in [-0.15, -0.1) is 0 Å². The summed E-state index contributed by atoms with van der Waals surface area (Å²) in [5.41, 5.74) is 6.91. The van der Waals surface area contributed by atoms with E-state index in [1.165, 1.54) is 12.8 Å². The van der Waals surface area contributed by atoms with E-state index in [0.717, 1.165) is 13.0 Å². The number of hydrogen-bond donors (Lipinski definition) is 2. The van der Waals surface area contributed by atoms with E-state index in [9.17, 15) is 4.79 Å². The second-order valence-corrected chi connectivity index (χ2v) is 5.28. The van der Waals surface area contributed by atoms with Crippen molar-refractivity contribution in [2.45, 2.75) is 25.3 Å². The first-order chi connectivity index (χ1) is 9.61. The number of nitrogens with one attached hydrogen (secondary N) is 1. The van der Waals surface area contributed by atoms with Crippen LogP contribution in [0.1, 0.15) is 29.6 Å². The van der Waals surface area contributed by atoms with Gasteiger partial charge in [0.05, 0.1) is 5.56 Å². The molecule has 1 aromatic rings. The number of rotatable bonds is 4. The van der Waals surface area contributed by atoms with Gasteiger partial charge in [0.2, 0.25) is 0 Å². The quantitative estimate of drug-likeness (QED) is 0.818. The molecule has 5 nitrogen and oxygen atoms in total. The standard InChI is InChI=1S/C15H23N3O2/c1-17-15(19)13-7-6-11(16)9-14(13)20-10-12-5-3-4-8-18(12)2/h6-7,9,12H,3-5,8,10,16H2,1-2H3,(H,17,19). The van der Waals surface area contributed by atoms with Crippen molar-refractivity contribution in [2.75, 3.05) is 33.0 Å². The number of nitrogens with two attached hydrogens (primary N) is 1. The molecular weight excluding hydrogens is 254 g/mol. The topological polar surface area (TPSA) is 67.6 Å². The fourth-order valence-electron chi connectivity index (χ4n) is 2.52. The molecule has 110 valence electrons. The van der Waals surface area contributed by atoms with Gasteiger partial charge >= 0.3 is 0 Å². The molecule has 1 aromatic carbocycles. The van der Waals surface area contributed by atoms with E-state index in [1.807, 2.05) is 0 Å². The van der Waals surface area contributed by atoms with Crippen LogP contribution in [-0.2, 0) is 0 Å². The highest BCUT2D eigenvalue weighted by Gasteiger charge is 2.20. The Kier molecular flexibility index (Phi) is 4.84. The average Bonchev–Trinajstić information content (AvgIpc) is 2.46. The zero-order chi connectivity index (χ0) is 14.5. The van der Waals surface area contributed by atoms with Crippen LogP contribution in [0.2, 0.25) is 0 Å². The molecule has 1 saturated heterocycles. The van der Waals surface area contributed by atoms with Crippen molar-refractivity contribution in [2.24, 2.45) is 0 Å². The molecule has 20 heavy (non-hydrogen) atoms. The monoisotopic (exact) mass is 277 g/mol. The Bertz CT molecular complexity index is 476. The molecule has 1 aliphatic rings. The smallest absolute Gasteiger partial charge is 0.254 e. The normalized spacial score (nSPS) is 19.6. The van der Waals surface area contributed by atoms with Gasteiger partial charge in [0.1, 0.15) is 12.4 Å². The molecule has 2 rings (SSSR count). The Hall–Kier alpha value is -1.75. The number of ether oxygens (including phenoxy) is 1. The van der Waals surface area contributed by atoms with Crippen molar-refractivity contribution in [3.8, 4) is 5.75 Å². The van der Waals surface area contributed by atoms with E-state index < -0.39 is 0 Å². The SMILES string of the molecule is CNC(=O)c1ccc(N)cc1OCC1CCCCN1C. The van der Waals surface area contributed by atoms with Gasteiger partial charge in [-0.3, -0.25) is 4.79 Å². The van der Waals surface area contributed by atoms with E-state index >= 15 is 0 Å². The van der Waals surface area contributed by atoms with Crippen molar-refractivity contribution in [3.63, 3.8) is 0 Å². The number of anilines is 1. The molecule has 0 aliphatic carbocycles. The third kappa shape index (κ3) is 3.42. The van der Waals surface area contributed by atoms with Crippen molar-refractivity contribution in [1.29, 1.82) is 0 Å². The second-order valence-electron chi connectivity index (χ2n) is 5.28. The van der Waals surface area contributed by atoms with E-state index in [4.69, 9.17) is 10.5 Å². The number of amides is 1. The van der Waals surface area contributed by atoms with E-state index in [2.05, 4.69) is 17.3 Å². The summed E-state index contributed by atoms with van der Waals surface area (Å²) in [6.07, 6.45) is 3.61. The van der Waals surface area contributed by atoms with Gasteiger partial charge in [0.25, 0.3) is 5.91 Å². The Morgan fingerprint density at radius 2 is 2.30 bits per heavy atom. The van der Waals surface area contributed by atoms with E-state index in [1.54, 1.807) is 25.2 Å². The zero-order valence-electron chi connectivity index (χ0n) is 12.2. The molecule has 0 radical (unpaired) electrons. The minimum atomic E-state index is -0.156. The van der Waals surface area contributed by atoms with Crippen molar-refractivity contribution in [1.82, 2.24) is 10.2 Å². The third-order valence-electron chi connectivity index (χ3n) is 3.83. The van der Waals surface area contributed by atoms with Gasteiger partial charge < -0.3 is 20.7 Å². The average molecular weight is 277 g/mol. The number of piperidine rings is 1. The summed E-state index contributed by atoms with van der Waals surface area (Å²) in [6.45, 7) is 1.69. The summed E-state index contributed by atoms with van der Waals surface area (Å²) in [4.78, 5) is 14.1. The minimum Gasteiger partial charge on any atom is -0.491 e. The molecule has 1 atom stereocenters. The van der Waals surface area contributed by atoms with Crippen LogP contribution in [-0.4, -0.2) is 44.1 Å². The maximum atomic E-state index is 11.8. The van der Waals surface area contributed by atoms with E-state index in [-0.39, 0.29) is 5.91 Å². The number of carbonyl (C=O) groups is 1. The van der Waals surface area contributed by atoms with E-state index in [0.29, 0.717) is 29.6 Å². The highest BCUT2D eigenvalue weighted by molar-refractivity contribution is 5.97. The van der Waals surface area contributed by atoms with Crippen LogP contribution >= 0.6 is 0 Å². The van der Waals surface area contributed by atoms with Gasteiger partial charge in [0, 0.05) is 24.8 Å². The second kappa shape index (κ2) is 6.61. The minimum absolute atomic E-state index is 0.156. The molecule has 1 amide bonds. The molecule has 0 bridgehead atoms. The van der Waals surface area contributed by atoms with Crippen LogP contribution in [0.25, 0.3) is 0 Å². The van der Waals surface area contributed by atoms with Gasteiger partial charge in [-0.25, -0.2) is 0 Å². The number of nitrogens with zero attached hydrogens (tertiary/aromatic N) is 1. The molecule has 1 unspecified atom stereocenters. The lowest BCUT2D eigenvalue weighted by atomic mass is 10.0. The largest absolute Gasteiger partial charge is 0.491 e. The molecular formula is C15H23N3O2. The van der Waals surface area contributed by atoms with Crippen molar-refractivity contribution >= 4 is 11.6 Å². The summed E-state index contributed by atoms with van der Waals surface area (Å²) in [6, 6.07) is 5.54. The van der Waals surface area contributed by atoms with Gasteiger partial charge in [-0.2, -0.15) is 0 Å². The maximum Gasteiger partial charge on any atom is 0.254 e. The van der Waals surface area contributed by atoms with Crippen LogP contribution in [0.4, 0.5) is 5.69 Å². The van der Waals surface area contributed by atoms with Gasteiger partial charge in [-0.1, -0.05) is 6.42 Å². The fourth-order valence-corrected chi connectivity index (χ4v) is 2.52. The molecule has 1 aliphatic heterocycles. The number of nitrogen functional groups attached to an aromatic ring is 1. The van der Waals surface area contributed by atoms with Crippen molar-refractivity contribution in [3.05, 3.63) is 23.8 Å². The highest BCUT2D eigenvalue weighted by atomic mass is 16.5. The Morgan fingerprint density at radius 1 is 1.50 bits per heavy atom. The van der Waals surface area contributed by atoms with Crippen LogP contribution in [0.3, 0.4) is 0 Å². The summed E-state index contributed by atoms with van der Waals surface area (Å²) in [5.74, 6) is 0.403. The highest BCUT2D eigenvalue weighted by Crippen LogP contribution is 2.23. The number of likely N-dealkylation sites (N-methyl/N-ethyl adjacent to an activating group) is 1. The Balaban J connectivity index is 2.07. The maximum absolute atomic E-state index is 11.8. The molecule has 0 saturated carbocycles. The lowest BCUT2D eigenvalue weighted by Crippen LogP contribution is -2.40. The predicted molar refractivity (Wildman–Crippen MR) is 80.0 cm³/mol. The van der Waals surface area contributed by atoms with Crippen LogP contribution in [0.15, 0.2) is 18.2 Å². The Labute approximate surface area is 120 Å². The number of likely N-dealkylation sites (tertiary alicyclic amines) is 1. The number of hydrogen-bond acceptors (Lipinski definition) is 4. The molecule has 1 fully saturated rings. The first-order valence-electron chi connectivity index (χ1n) is 7.06. The fraction of sp³-hybridized carbons (Fsp3) is 0.533. The van der Waals surface area contributed by atoms with Crippen LogP contribution < -0.4 is 15.8 Å². The van der Waals surface area contributed by atoms with Gasteiger partial charge in [-0.05, 0) is 38.6 Å². The molecule has 3 N–H and O–H groups in total. The molecule has 5 heteroatoms. The first kappa shape index (κ1) is 14.7. The van der Waals surface area contributed by atoms with Crippen LogP contribution in [0, 0.1) is 0 Å². The lowest BCUT2D eigenvalue weighted by Gasteiger charge is -2.32. The zero-order valence-corrected chi connectivity index (χ0v) is 12.2. The van der Waals surface area contributed by atoms with Crippen molar-refractivity contribution < 1.29 is 9.53 Å². The first-order valence-corrected chi connectivity index (χ1v) is 7.06. The van der Waals surface area contributed by atoms with Gasteiger partial charge in [0.15, 0.2) is 0 Å². The summed E-state index contributed by atoms with van der Waals surface area (Å²) >= 11 is 0.